The topological polar surface area (TPSA) is 82.4 Å². The molecule has 1 aliphatic heterocycles. The van der Waals surface area contributed by atoms with Crippen LogP contribution in [0.5, 0.6) is 0 Å². The maximum atomic E-state index is 12.8. The van der Waals surface area contributed by atoms with E-state index < -0.39 is 0 Å². The monoisotopic (exact) mass is 429 g/mol. The molecule has 0 radical (unpaired) electrons. The van der Waals surface area contributed by atoms with Crippen molar-refractivity contribution < 1.29 is 14.3 Å². The summed E-state index contributed by atoms with van der Waals surface area (Å²) in [4.78, 5) is 27.2. The Morgan fingerprint density at radius 3 is 2.58 bits per heavy atom. The van der Waals surface area contributed by atoms with E-state index in [0.29, 0.717) is 31.3 Å². The number of nitrogens with zero attached hydrogens (tertiary/aromatic N) is 2. The molecule has 0 aromatic carbocycles. The first kappa shape index (κ1) is 22.6. The number of unbranched alkanes of at least 4 members (excludes halogenated alkanes) is 4. The summed E-state index contributed by atoms with van der Waals surface area (Å²) >= 11 is 0. The second-order valence-electron chi connectivity index (χ2n) is 10.8. The number of hydrogen-bond donors (Lipinski definition) is 1. The largest absolute Gasteiger partial charge is 0.459 e. The average molecular weight is 430 g/mol. The van der Waals surface area contributed by atoms with Gasteiger partial charge >= 0.3 is 5.97 Å². The van der Waals surface area contributed by atoms with Crippen LogP contribution in [-0.2, 0) is 14.3 Å². The van der Waals surface area contributed by atoms with Crippen molar-refractivity contribution in [3.8, 4) is 6.07 Å². The fourth-order valence-corrected chi connectivity index (χ4v) is 7.23. The first-order valence-corrected chi connectivity index (χ1v) is 12.6. The van der Waals surface area contributed by atoms with E-state index in [4.69, 9.17) is 4.74 Å². The zero-order valence-electron chi connectivity index (χ0n) is 19.2. The quantitative estimate of drug-likeness (QED) is 0.418. The van der Waals surface area contributed by atoms with E-state index in [0.717, 1.165) is 57.8 Å². The van der Waals surface area contributed by atoms with Gasteiger partial charge in [0.15, 0.2) is 0 Å². The van der Waals surface area contributed by atoms with Crippen LogP contribution in [0, 0.1) is 23.2 Å². The molecule has 5 fully saturated rings. The van der Waals surface area contributed by atoms with Gasteiger partial charge in [-0.15, -0.1) is 0 Å². The van der Waals surface area contributed by atoms with E-state index in [1.165, 1.54) is 25.7 Å². The molecule has 2 unspecified atom stereocenters. The number of likely N-dealkylation sites (tertiary alicyclic amines) is 1. The maximum Gasteiger partial charge on any atom is 0.306 e. The summed E-state index contributed by atoms with van der Waals surface area (Å²) in [7, 11) is 0. The van der Waals surface area contributed by atoms with Crippen molar-refractivity contribution in [1.82, 2.24) is 10.2 Å². The van der Waals surface area contributed by atoms with Crippen molar-refractivity contribution in [2.45, 2.75) is 114 Å². The van der Waals surface area contributed by atoms with Gasteiger partial charge < -0.3 is 15.0 Å². The van der Waals surface area contributed by atoms with Gasteiger partial charge in [-0.25, -0.2) is 0 Å². The van der Waals surface area contributed by atoms with Crippen LogP contribution in [0.25, 0.3) is 0 Å². The fraction of sp³-hybridized carbons (Fsp3) is 0.880. The van der Waals surface area contributed by atoms with Gasteiger partial charge in [-0.3, -0.25) is 9.59 Å². The molecule has 1 N–H and O–H groups in total. The van der Waals surface area contributed by atoms with E-state index in [1.54, 1.807) is 4.90 Å². The van der Waals surface area contributed by atoms with Crippen molar-refractivity contribution in [2.24, 2.45) is 11.8 Å². The molecule has 5 rings (SSSR count). The van der Waals surface area contributed by atoms with Crippen molar-refractivity contribution >= 4 is 11.9 Å². The van der Waals surface area contributed by atoms with E-state index in [2.05, 4.69) is 18.3 Å². The normalized spacial score (nSPS) is 35.9. The smallest absolute Gasteiger partial charge is 0.306 e. The van der Waals surface area contributed by atoms with Gasteiger partial charge in [0, 0.05) is 24.9 Å². The second-order valence-corrected chi connectivity index (χ2v) is 10.8. The minimum absolute atomic E-state index is 0.0291. The van der Waals surface area contributed by atoms with E-state index in [1.807, 2.05) is 0 Å². The molecule has 4 saturated carbocycles. The number of ether oxygens (including phenoxy) is 1. The van der Waals surface area contributed by atoms with Gasteiger partial charge in [-0.2, -0.15) is 5.26 Å². The zero-order valence-corrected chi connectivity index (χ0v) is 19.2. The molecule has 1 saturated heterocycles. The summed E-state index contributed by atoms with van der Waals surface area (Å²) in [6, 6.07) is 2.00. The Hall–Kier alpha value is -1.61. The molecule has 4 bridgehead atoms. The van der Waals surface area contributed by atoms with Gasteiger partial charge in [-0.05, 0) is 63.2 Å². The predicted molar refractivity (Wildman–Crippen MR) is 118 cm³/mol. The van der Waals surface area contributed by atoms with E-state index in [9.17, 15) is 14.9 Å². The van der Waals surface area contributed by atoms with Crippen LogP contribution >= 0.6 is 0 Å². The Labute approximate surface area is 187 Å². The van der Waals surface area contributed by atoms with Crippen LogP contribution in [0.1, 0.15) is 96.8 Å². The Balaban J connectivity index is 1.33. The number of nitrogens with one attached hydrogen (secondary N) is 1. The summed E-state index contributed by atoms with van der Waals surface area (Å²) < 4.78 is 6.21. The molecule has 172 valence electrons. The maximum absolute atomic E-state index is 12.8. The molecule has 0 spiro atoms. The van der Waals surface area contributed by atoms with Gasteiger partial charge in [0.05, 0.1) is 12.6 Å². The first-order valence-electron chi connectivity index (χ1n) is 12.6. The summed E-state index contributed by atoms with van der Waals surface area (Å²) in [5.41, 5.74) is -0.424. The van der Waals surface area contributed by atoms with Crippen molar-refractivity contribution in [3.63, 3.8) is 0 Å². The SMILES string of the molecule is CCCCCCCC(=O)OC12CC3CC(CC(NCC(=O)N4CCC[C@H]4C#N)(C3)C1)C2. The highest BCUT2D eigenvalue weighted by molar-refractivity contribution is 5.79. The lowest BCUT2D eigenvalue weighted by molar-refractivity contribution is -0.192. The van der Waals surface area contributed by atoms with Crippen molar-refractivity contribution in [1.29, 1.82) is 5.26 Å². The lowest BCUT2D eigenvalue weighted by Crippen LogP contribution is -2.66. The second kappa shape index (κ2) is 9.48. The molecule has 1 heterocycles. The predicted octanol–water partition coefficient (Wildman–Crippen LogP) is 4.09. The van der Waals surface area contributed by atoms with Gasteiger partial charge in [-0.1, -0.05) is 32.6 Å². The van der Waals surface area contributed by atoms with E-state index in [-0.39, 0.29) is 29.1 Å². The van der Waals surface area contributed by atoms with Gasteiger partial charge in [0.25, 0.3) is 0 Å². The third-order valence-corrected chi connectivity index (χ3v) is 8.16. The number of esters is 1. The number of carbonyl (C=O) groups excluding carboxylic acids is 2. The Morgan fingerprint density at radius 2 is 1.87 bits per heavy atom. The fourth-order valence-electron chi connectivity index (χ4n) is 7.23. The molecular formula is C25H39N3O3. The number of carbonyl (C=O) groups is 2. The highest BCUT2D eigenvalue weighted by atomic mass is 16.6. The summed E-state index contributed by atoms with van der Waals surface area (Å²) in [6.45, 7) is 3.18. The van der Waals surface area contributed by atoms with Crippen molar-refractivity contribution in [2.75, 3.05) is 13.1 Å². The first-order chi connectivity index (χ1) is 15.0. The van der Waals surface area contributed by atoms with Crippen LogP contribution in [0.4, 0.5) is 0 Å². The number of rotatable bonds is 10. The van der Waals surface area contributed by atoms with Crippen LogP contribution in [0.2, 0.25) is 0 Å². The summed E-state index contributed by atoms with van der Waals surface area (Å²) in [6.07, 6.45) is 14.1. The van der Waals surface area contributed by atoms with Crippen molar-refractivity contribution in [3.05, 3.63) is 0 Å². The Morgan fingerprint density at radius 1 is 1.13 bits per heavy atom. The number of nitriles is 1. The molecular weight excluding hydrogens is 390 g/mol. The molecule has 31 heavy (non-hydrogen) atoms. The molecule has 3 atom stereocenters. The minimum Gasteiger partial charge on any atom is -0.459 e. The van der Waals surface area contributed by atoms with Crippen LogP contribution < -0.4 is 5.32 Å². The van der Waals surface area contributed by atoms with Crippen LogP contribution in [0.3, 0.4) is 0 Å². The highest BCUT2D eigenvalue weighted by Gasteiger charge is 2.59. The molecule has 4 aliphatic carbocycles. The number of hydrogen-bond acceptors (Lipinski definition) is 5. The summed E-state index contributed by atoms with van der Waals surface area (Å²) in [5.74, 6) is 1.18. The molecule has 1 amide bonds. The minimum atomic E-state index is -0.330. The van der Waals surface area contributed by atoms with Gasteiger partial charge in [0.1, 0.15) is 11.6 Å². The van der Waals surface area contributed by atoms with E-state index >= 15 is 0 Å². The molecule has 0 aromatic rings. The molecule has 0 aromatic heterocycles. The third-order valence-electron chi connectivity index (χ3n) is 8.16. The Bertz CT molecular complexity index is 701. The molecule has 6 nitrogen and oxygen atoms in total. The Kier molecular flexibility index (Phi) is 6.91. The number of amides is 1. The lowest BCUT2D eigenvalue weighted by atomic mass is 9.51. The molecule has 5 aliphatic rings. The molecule has 6 heteroatoms. The lowest BCUT2D eigenvalue weighted by Gasteiger charge is -2.61. The van der Waals surface area contributed by atoms with Crippen LogP contribution in [0.15, 0.2) is 0 Å². The van der Waals surface area contributed by atoms with Crippen LogP contribution in [-0.4, -0.2) is 47.0 Å². The zero-order chi connectivity index (χ0) is 21.9. The highest BCUT2D eigenvalue weighted by Crippen LogP contribution is 2.59. The average Bonchev–Trinajstić information content (AvgIpc) is 3.19. The van der Waals surface area contributed by atoms with Gasteiger partial charge in [0.2, 0.25) is 5.91 Å². The third kappa shape index (κ3) is 5.08. The standard InChI is InChI=1S/C25H39N3O3/c1-2-3-4-5-6-9-23(30)31-25-14-19-11-20(15-25)13-24(12-19,18-25)27-17-22(29)28-10-7-8-21(28)16-26/h19-21,27H,2-15,17-18H2,1H3/t19?,20?,21-,24?,25?/m0/s1. The summed E-state index contributed by atoms with van der Waals surface area (Å²) in [5, 5.41) is 12.9.